The molecule has 0 amide bonds. The lowest BCUT2D eigenvalue weighted by Gasteiger charge is -2.04. The third kappa shape index (κ3) is 2.15. The molecule has 5 nitrogen and oxygen atoms in total. The normalized spacial score (nSPS) is 11.1. The van der Waals surface area contributed by atoms with Crippen molar-refractivity contribution in [2.75, 3.05) is 12.8 Å². The predicted molar refractivity (Wildman–Crippen MR) is 76.7 cm³/mol. The molecule has 1 aromatic carbocycles. The maximum Gasteiger partial charge on any atom is 0.201 e. The molecule has 0 saturated heterocycles. The molecule has 3 aromatic rings. The van der Waals surface area contributed by atoms with Crippen molar-refractivity contribution in [2.24, 2.45) is 0 Å². The van der Waals surface area contributed by atoms with Crippen LogP contribution >= 0.6 is 11.3 Å². The lowest BCUT2D eigenvalue weighted by atomic mass is 10.3. The van der Waals surface area contributed by atoms with E-state index in [2.05, 4.69) is 9.97 Å². The molecule has 0 bridgehead atoms. The number of rotatable bonds is 3. The summed E-state index contributed by atoms with van der Waals surface area (Å²) in [6.07, 6.45) is 0. The Morgan fingerprint density at radius 3 is 2.89 bits per heavy atom. The van der Waals surface area contributed by atoms with E-state index in [-0.39, 0.29) is 0 Å². The van der Waals surface area contributed by atoms with Crippen LogP contribution in [0.3, 0.4) is 0 Å². The third-order valence-electron chi connectivity index (χ3n) is 2.97. The topological polar surface area (TPSA) is 66.0 Å². The van der Waals surface area contributed by atoms with Gasteiger partial charge in [0.05, 0.1) is 35.4 Å². The number of aromatic nitrogens is 3. The fraction of sp³-hybridized carbons (Fsp3) is 0.231. The lowest BCUT2D eigenvalue weighted by Crippen LogP contribution is -2.04. The van der Waals surface area contributed by atoms with Crippen molar-refractivity contribution in [3.8, 4) is 5.75 Å². The maximum atomic E-state index is 5.99. The second-order valence-electron chi connectivity index (χ2n) is 4.27. The SMILES string of the molecule is COc1ccc2c(c1)nc(N)n2Cc1csc(C)n1. The molecule has 0 aliphatic rings. The number of anilines is 1. The Labute approximate surface area is 114 Å². The summed E-state index contributed by atoms with van der Waals surface area (Å²) in [6.45, 7) is 2.63. The molecule has 0 saturated carbocycles. The van der Waals surface area contributed by atoms with Gasteiger partial charge in [-0.3, -0.25) is 0 Å². The van der Waals surface area contributed by atoms with E-state index in [9.17, 15) is 0 Å². The number of nitrogens with zero attached hydrogens (tertiary/aromatic N) is 3. The lowest BCUT2D eigenvalue weighted by molar-refractivity contribution is 0.415. The van der Waals surface area contributed by atoms with Crippen LogP contribution in [0.4, 0.5) is 5.95 Å². The number of hydrogen-bond donors (Lipinski definition) is 1. The quantitative estimate of drug-likeness (QED) is 0.796. The largest absolute Gasteiger partial charge is 0.497 e. The van der Waals surface area contributed by atoms with Crippen LogP contribution in [0.5, 0.6) is 5.75 Å². The highest BCUT2D eigenvalue weighted by atomic mass is 32.1. The number of thiazole rings is 1. The zero-order valence-electron chi connectivity index (χ0n) is 10.8. The second kappa shape index (κ2) is 4.55. The fourth-order valence-electron chi connectivity index (χ4n) is 2.06. The molecular weight excluding hydrogens is 260 g/mol. The number of imidazole rings is 1. The average molecular weight is 274 g/mol. The summed E-state index contributed by atoms with van der Waals surface area (Å²) in [5.74, 6) is 1.27. The van der Waals surface area contributed by atoms with E-state index in [1.165, 1.54) is 0 Å². The van der Waals surface area contributed by atoms with E-state index in [0.29, 0.717) is 12.5 Å². The number of nitrogen functional groups attached to an aromatic ring is 1. The number of hydrogen-bond acceptors (Lipinski definition) is 5. The first-order valence-corrected chi connectivity index (χ1v) is 6.76. The van der Waals surface area contributed by atoms with E-state index < -0.39 is 0 Å². The van der Waals surface area contributed by atoms with Crippen molar-refractivity contribution in [1.29, 1.82) is 0 Å². The molecule has 3 rings (SSSR count). The first-order valence-electron chi connectivity index (χ1n) is 5.88. The van der Waals surface area contributed by atoms with Gasteiger partial charge in [0.25, 0.3) is 0 Å². The molecule has 0 spiro atoms. The standard InChI is InChI=1S/C13H14N4OS/c1-8-15-9(7-19-8)6-17-12-4-3-10(18-2)5-11(12)16-13(17)14/h3-5,7H,6H2,1-2H3,(H2,14,16). The Hall–Kier alpha value is -2.08. The molecule has 2 aromatic heterocycles. The van der Waals surface area contributed by atoms with Crippen LogP contribution in [0.15, 0.2) is 23.6 Å². The Kier molecular flexibility index (Phi) is 2.87. The monoisotopic (exact) mass is 274 g/mol. The van der Waals surface area contributed by atoms with Gasteiger partial charge in [0.15, 0.2) is 0 Å². The van der Waals surface area contributed by atoms with Gasteiger partial charge in [0.1, 0.15) is 5.75 Å². The summed E-state index contributed by atoms with van der Waals surface area (Å²) in [4.78, 5) is 8.82. The molecule has 2 N–H and O–H groups in total. The molecule has 0 unspecified atom stereocenters. The molecule has 19 heavy (non-hydrogen) atoms. The van der Waals surface area contributed by atoms with Gasteiger partial charge in [-0.15, -0.1) is 11.3 Å². The maximum absolute atomic E-state index is 5.99. The minimum atomic E-state index is 0.494. The van der Waals surface area contributed by atoms with Crippen LogP contribution in [0, 0.1) is 6.92 Å². The van der Waals surface area contributed by atoms with Crippen LogP contribution < -0.4 is 10.5 Å². The summed E-state index contributed by atoms with van der Waals surface area (Å²) < 4.78 is 7.15. The van der Waals surface area contributed by atoms with Crippen LogP contribution in [0.2, 0.25) is 0 Å². The number of fused-ring (bicyclic) bond motifs is 1. The van der Waals surface area contributed by atoms with Crippen molar-refractivity contribution < 1.29 is 4.74 Å². The molecule has 0 aliphatic heterocycles. The molecule has 0 aliphatic carbocycles. The van der Waals surface area contributed by atoms with Crippen molar-refractivity contribution in [3.63, 3.8) is 0 Å². The highest BCUT2D eigenvalue weighted by Crippen LogP contribution is 2.24. The van der Waals surface area contributed by atoms with Crippen LogP contribution in [-0.4, -0.2) is 21.6 Å². The molecule has 0 atom stereocenters. The van der Waals surface area contributed by atoms with Crippen LogP contribution in [0.1, 0.15) is 10.7 Å². The molecule has 0 radical (unpaired) electrons. The zero-order valence-corrected chi connectivity index (χ0v) is 11.6. The summed E-state index contributed by atoms with van der Waals surface area (Å²) in [5, 5.41) is 3.10. The molecule has 6 heteroatoms. The van der Waals surface area contributed by atoms with Gasteiger partial charge in [0.2, 0.25) is 5.95 Å². The van der Waals surface area contributed by atoms with Gasteiger partial charge >= 0.3 is 0 Å². The number of ether oxygens (including phenoxy) is 1. The van der Waals surface area contributed by atoms with E-state index in [4.69, 9.17) is 10.5 Å². The predicted octanol–water partition coefficient (Wildman–Crippen LogP) is 2.44. The van der Waals surface area contributed by atoms with Crippen molar-refractivity contribution >= 4 is 28.3 Å². The van der Waals surface area contributed by atoms with Gasteiger partial charge in [-0.05, 0) is 19.1 Å². The van der Waals surface area contributed by atoms with Gasteiger partial charge < -0.3 is 15.0 Å². The summed E-state index contributed by atoms with van der Waals surface area (Å²) in [6, 6.07) is 5.76. The third-order valence-corrected chi connectivity index (χ3v) is 3.79. The first-order chi connectivity index (χ1) is 9.17. The first kappa shape index (κ1) is 12.0. The summed E-state index contributed by atoms with van der Waals surface area (Å²) in [7, 11) is 1.64. The Morgan fingerprint density at radius 1 is 1.37 bits per heavy atom. The fourth-order valence-corrected chi connectivity index (χ4v) is 2.67. The number of benzene rings is 1. The number of methoxy groups -OCH3 is 1. The molecule has 0 fully saturated rings. The number of aryl methyl sites for hydroxylation is 1. The van der Waals surface area contributed by atoms with Crippen molar-refractivity contribution in [3.05, 3.63) is 34.3 Å². The Balaban J connectivity index is 2.05. The van der Waals surface area contributed by atoms with E-state index in [1.807, 2.05) is 35.1 Å². The average Bonchev–Trinajstić information content (AvgIpc) is 2.94. The van der Waals surface area contributed by atoms with E-state index in [0.717, 1.165) is 27.5 Å². The summed E-state index contributed by atoms with van der Waals surface area (Å²) in [5.41, 5.74) is 8.82. The minimum Gasteiger partial charge on any atom is -0.497 e. The van der Waals surface area contributed by atoms with E-state index in [1.54, 1.807) is 18.4 Å². The van der Waals surface area contributed by atoms with Gasteiger partial charge in [0, 0.05) is 11.4 Å². The van der Waals surface area contributed by atoms with Crippen molar-refractivity contribution in [1.82, 2.24) is 14.5 Å². The Morgan fingerprint density at radius 2 is 2.21 bits per heavy atom. The van der Waals surface area contributed by atoms with Gasteiger partial charge in [-0.1, -0.05) is 0 Å². The highest BCUT2D eigenvalue weighted by molar-refractivity contribution is 7.09. The zero-order chi connectivity index (χ0) is 13.4. The highest BCUT2D eigenvalue weighted by Gasteiger charge is 2.10. The molecule has 2 heterocycles. The summed E-state index contributed by atoms with van der Waals surface area (Å²) >= 11 is 1.64. The smallest absolute Gasteiger partial charge is 0.201 e. The van der Waals surface area contributed by atoms with Gasteiger partial charge in [-0.25, -0.2) is 9.97 Å². The molecule has 98 valence electrons. The van der Waals surface area contributed by atoms with Crippen LogP contribution in [-0.2, 0) is 6.54 Å². The Bertz CT molecular complexity index is 731. The second-order valence-corrected chi connectivity index (χ2v) is 5.33. The van der Waals surface area contributed by atoms with Crippen LogP contribution in [0.25, 0.3) is 11.0 Å². The number of nitrogens with two attached hydrogens (primary N) is 1. The molecular formula is C13H14N4OS. The van der Waals surface area contributed by atoms with Crippen molar-refractivity contribution in [2.45, 2.75) is 13.5 Å². The van der Waals surface area contributed by atoms with Gasteiger partial charge in [-0.2, -0.15) is 0 Å². The van der Waals surface area contributed by atoms with E-state index >= 15 is 0 Å². The minimum absolute atomic E-state index is 0.494.